The smallest absolute Gasteiger partial charge is 0.150 e. The number of nitrogen functional groups attached to an aromatic ring is 1. The van der Waals surface area contributed by atoms with Crippen LogP contribution in [0, 0.1) is 27.7 Å². The Balaban J connectivity index is 1.79. The van der Waals surface area contributed by atoms with E-state index in [2.05, 4.69) is 31.8 Å². The summed E-state index contributed by atoms with van der Waals surface area (Å²) < 4.78 is 1.88. The molecule has 0 bridgehead atoms. The van der Waals surface area contributed by atoms with Crippen molar-refractivity contribution in [2.75, 3.05) is 41.7 Å². The second-order valence-electron chi connectivity index (χ2n) is 6.23. The van der Waals surface area contributed by atoms with Crippen LogP contribution in [0.5, 0.6) is 0 Å². The molecule has 1 fully saturated rings. The molecule has 0 aromatic carbocycles. The topological polar surface area (TPSA) is 76.1 Å². The van der Waals surface area contributed by atoms with Crippen LogP contribution in [0.1, 0.15) is 22.8 Å². The first-order valence-corrected chi connectivity index (χ1v) is 7.99. The van der Waals surface area contributed by atoms with Gasteiger partial charge >= 0.3 is 0 Å². The van der Waals surface area contributed by atoms with E-state index >= 15 is 0 Å². The molecule has 0 atom stereocenters. The zero-order valence-corrected chi connectivity index (χ0v) is 14.6. The average Bonchev–Trinajstić information content (AvgIpc) is 2.76. The molecule has 0 aliphatic carbocycles. The number of aryl methyl sites for hydroxylation is 4. The highest BCUT2D eigenvalue weighted by Crippen LogP contribution is 2.28. The number of nitrogens with zero attached hydrogens (tertiary/aromatic N) is 6. The van der Waals surface area contributed by atoms with Crippen molar-refractivity contribution in [2.45, 2.75) is 27.7 Å². The molecule has 1 saturated heterocycles. The summed E-state index contributed by atoms with van der Waals surface area (Å²) in [5.74, 6) is 2.91. The molecule has 7 heteroatoms. The molecule has 0 amide bonds. The van der Waals surface area contributed by atoms with Gasteiger partial charge in [0.05, 0.1) is 11.4 Å². The van der Waals surface area contributed by atoms with Gasteiger partial charge in [0.2, 0.25) is 0 Å². The number of aromatic nitrogens is 4. The van der Waals surface area contributed by atoms with Crippen molar-refractivity contribution in [1.29, 1.82) is 0 Å². The Morgan fingerprint density at radius 1 is 0.870 bits per heavy atom. The largest absolute Gasteiger partial charge is 0.394 e. The summed E-state index contributed by atoms with van der Waals surface area (Å²) in [5, 5.41) is 4.42. The van der Waals surface area contributed by atoms with Gasteiger partial charge in [-0.25, -0.2) is 9.97 Å². The number of rotatable bonds is 2. The number of hydrogen-bond donors (Lipinski definition) is 1. The van der Waals surface area contributed by atoms with Gasteiger partial charge in [-0.3, -0.25) is 4.68 Å². The van der Waals surface area contributed by atoms with E-state index in [-0.39, 0.29) is 0 Å². The molecule has 2 aromatic heterocycles. The van der Waals surface area contributed by atoms with Crippen molar-refractivity contribution in [3.05, 3.63) is 22.8 Å². The first-order chi connectivity index (χ1) is 10.9. The van der Waals surface area contributed by atoms with Crippen LogP contribution in [-0.4, -0.2) is 45.9 Å². The first-order valence-electron chi connectivity index (χ1n) is 7.99. The van der Waals surface area contributed by atoms with Crippen LogP contribution in [0.25, 0.3) is 0 Å². The van der Waals surface area contributed by atoms with Crippen molar-refractivity contribution >= 4 is 17.3 Å². The highest BCUT2D eigenvalue weighted by Gasteiger charge is 2.24. The molecule has 7 nitrogen and oxygen atoms in total. The molecule has 2 aromatic rings. The highest BCUT2D eigenvalue weighted by atomic mass is 15.4. The van der Waals surface area contributed by atoms with Crippen LogP contribution in [0.2, 0.25) is 0 Å². The molecule has 0 unspecified atom stereocenters. The lowest BCUT2D eigenvalue weighted by Gasteiger charge is -2.37. The minimum atomic E-state index is 0.783. The predicted molar refractivity (Wildman–Crippen MR) is 93.0 cm³/mol. The monoisotopic (exact) mass is 315 g/mol. The molecule has 0 spiro atoms. The van der Waals surface area contributed by atoms with Gasteiger partial charge < -0.3 is 15.5 Å². The van der Waals surface area contributed by atoms with E-state index in [1.807, 2.05) is 32.5 Å². The maximum atomic E-state index is 6.18. The fourth-order valence-electron chi connectivity index (χ4n) is 3.23. The van der Waals surface area contributed by atoms with Gasteiger partial charge in [-0.1, -0.05) is 0 Å². The molecule has 3 rings (SSSR count). The normalized spacial score (nSPS) is 15.3. The van der Waals surface area contributed by atoms with Gasteiger partial charge in [-0.05, 0) is 27.7 Å². The molecule has 124 valence electrons. The first kappa shape index (κ1) is 15.6. The van der Waals surface area contributed by atoms with Crippen molar-refractivity contribution < 1.29 is 0 Å². The van der Waals surface area contributed by atoms with Crippen molar-refractivity contribution in [1.82, 2.24) is 19.7 Å². The zero-order valence-electron chi connectivity index (χ0n) is 14.6. The van der Waals surface area contributed by atoms with Crippen molar-refractivity contribution in [2.24, 2.45) is 7.05 Å². The van der Waals surface area contributed by atoms with E-state index in [1.54, 1.807) is 0 Å². The van der Waals surface area contributed by atoms with E-state index in [0.29, 0.717) is 0 Å². The minimum Gasteiger partial charge on any atom is -0.394 e. The van der Waals surface area contributed by atoms with Crippen LogP contribution in [0.4, 0.5) is 17.3 Å². The van der Waals surface area contributed by atoms with E-state index in [1.165, 1.54) is 5.56 Å². The van der Waals surface area contributed by atoms with Crippen LogP contribution in [0.15, 0.2) is 0 Å². The molecular formula is C16H25N7. The maximum Gasteiger partial charge on any atom is 0.150 e. The van der Waals surface area contributed by atoms with Crippen LogP contribution >= 0.6 is 0 Å². The minimum absolute atomic E-state index is 0.783. The summed E-state index contributed by atoms with van der Waals surface area (Å²) in [5.41, 5.74) is 10.1. The predicted octanol–water partition coefficient (Wildman–Crippen LogP) is 1.35. The van der Waals surface area contributed by atoms with Gasteiger partial charge in [0.15, 0.2) is 5.82 Å². The Morgan fingerprint density at radius 2 is 1.48 bits per heavy atom. The third-order valence-corrected chi connectivity index (χ3v) is 4.59. The standard InChI is InChI=1S/C16H25N7/c1-10-11(2)18-13(4)19-15(10)22-6-8-23(9-7-22)16-14(17)12(3)20-21(16)5/h6-9,17H2,1-5H3. The fourth-order valence-corrected chi connectivity index (χ4v) is 3.23. The summed E-state index contributed by atoms with van der Waals surface area (Å²) in [6, 6.07) is 0. The van der Waals surface area contributed by atoms with Gasteiger partial charge in [0, 0.05) is 44.5 Å². The number of nitrogens with two attached hydrogens (primary N) is 1. The lowest BCUT2D eigenvalue weighted by Crippen LogP contribution is -2.48. The van der Waals surface area contributed by atoms with Crippen molar-refractivity contribution in [3.8, 4) is 0 Å². The number of hydrogen-bond acceptors (Lipinski definition) is 6. The van der Waals surface area contributed by atoms with Crippen LogP contribution in [0.3, 0.4) is 0 Å². The zero-order chi connectivity index (χ0) is 16.7. The molecule has 0 radical (unpaired) electrons. The quantitative estimate of drug-likeness (QED) is 0.901. The highest BCUT2D eigenvalue weighted by molar-refractivity contribution is 5.66. The molecule has 0 saturated carbocycles. The maximum absolute atomic E-state index is 6.18. The third-order valence-electron chi connectivity index (χ3n) is 4.59. The Kier molecular flexibility index (Phi) is 3.87. The van der Waals surface area contributed by atoms with E-state index in [9.17, 15) is 0 Å². The van der Waals surface area contributed by atoms with Crippen LogP contribution < -0.4 is 15.5 Å². The lowest BCUT2D eigenvalue weighted by atomic mass is 10.2. The second kappa shape index (κ2) is 5.72. The van der Waals surface area contributed by atoms with Gasteiger partial charge in [0.25, 0.3) is 0 Å². The third kappa shape index (κ3) is 2.71. The Bertz CT molecular complexity index is 727. The summed E-state index contributed by atoms with van der Waals surface area (Å²) >= 11 is 0. The van der Waals surface area contributed by atoms with Gasteiger partial charge in [-0.2, -0.15) is 5.10 Å². The number of piperazine rings is 1. The van der Waals surface area contributed by atoms with Crippen LogP contribution in [-0.2, 0) is 7.05 Å². The summed E-state index contributed by atoms with van der Waals surface area (Å²) in [6.45, 7) is 11.7. The molecule has 1 aliphatic rings. The Hall–Kier alpha value is -2.31. The van der Waals surface area contributed by atoms with Crippen molar-refractivity contribution in [3.63, 3.8) is 0 Å². The SMILES string of the molecule is Cc1nc(C)c(C)c(N2CCN(c3c(N)c(C)nn3C)CC2)n1. The average molecular weight is 315 g/mol. The molecule has 2 N–H and O–H groups in total. The molecule has 23 heavy (non-hydrogen) atoms. The van der Waals surface area contributed by atoms with E-state index < -0.39 is 0 Å². The van der Waals surface area contributed by atoms with E-state index in [4.69, 9.17) is 5.73 Å². The summed E-state index contributed by atoms with van der Waals surface area (Å²) in [6.07, 6.45) is 0. The molecule has 1 aliphatic heterocycles. The number of anilines is 3. The molecule has 3 heterocycles. The lowest BCUT2D eigenvalue weighted by molar-refractivity contribution is 0.617. The molecular weight excluding hydrogens is 290 g/mol. The van der Waals surface area contributed by atoms with E-state index in [0.717, 1.165) is 60.7 Å². The van der Waals surface area contributed by atoms with Gasteiger partial charge in [0.1, 0.15) is 11.6 Å². The van der Waals surface area contributed by atoms with Gasteiger partial charge in [-0.15, -0.1) is 0 Å². The summed E-state index contributed by atoms with van der Waals surface area (Å²) in [4.78, 5) is 13.7. The Labute approximate surface area is 137 Å². The second-order valence-corrected chi connectivity index (χ2v) is 6.23. The summed E-state index contributed by atoms with van der Waals surface area (Å²) in [7, 11) is 1.95. The Morgan fingerprint density at radius 3 is 2.04 bits per heavy atom. The fraction of sp³-hybridized carbons (Fsp3) is 0.562.